The quantitative estimate of drug-likeness (QED) is 0.785. The van der Waals surface area contributed by atoms with Crippen LogP contribution in [0.5, 0.6) is 5.75 Å². The van der Waals surface area contributed by atoms with Crippen LogP contribution in [0.3, 0.4) is 0 Å². The van der Waals surface area contributed by atoms with Crippen LogP contribution in [0.15, 0.2) is 57.5 Å². The summed E-state index contributed by atoms with van der Waals surface area (Å²) in [4.78, 5) is 0. The Balaban J connectivity index is 1.99. The number of benzene rings is 2. The van der Waals surface area contributed by atoms with E-state index in [0.717, 1.165) is 25.8 Å². The van der Waals surface area contributed by atoms with E-state index in [1.54, 1.807) is 0 Å². The van der Waals surface area contributed by atoms with Gasteiger partial charge in [0, 0.05) is 0 Å². The minimum absolute atomic E-state index is 0.00535. The van der Waals surface area contributed by atoms with Gasteiger partial charge in [-0.15, -0.1) is 0 Å². The molecular formula is C16H14Br2O2. The number of aliphatic hydroxyl groups is 1. The van der Waals surface area contributed by atoms with E-state index in [1.165, 1.54) is 0 Å². The molecule has 0 aromatic heterocycles. The van der Waals surface area contributed by atoms with Crippen LogP contribution >= 0.6 is 31.9 Å². The lowest BCUT2D eigenvalue weighted by molar-refractivity contribution is 0.281. The molecule has 0 saturated carbocycles. The Morgan fingerprint density at radius 1 is 1.05 bits per heavy atom. The molecule has 0 aliphatic heterocycles. The molecule has 1 N–H and O–H groups in total. The summed E-state index contributed by atoms with van der Waals surface area (Å²) in [6, 6.07) is 13.8. The number of hydrogen-bond donors (Lipinski definition) is 1. The smallest absolute Gasteiger partial charge is 0.148 e. The van der Waals surface area contributed by atoms with Crippen molar-refractivity contribution in [2.24, 2.45) is 0 Å². The molecule has 0 amide bonds. The molecule has 0 spiro atoms. The topological polar surface area (TPSA) is 29.5 Å². The Bertz CT molecular complexity index is 572. The standard InChI is InChI=1S/C16H14Br2O2/c17-14-9-13(11-19)10-15(18)16(14)20-8-4-7-12-5-2-1-3-6-12/h1-7,9-10,19H,8,11H2/b7-4+. The van der Waals surface area contributed by atoms with E-state index >= 15 is 0 Å². The molecule has 0 aliphatic carbocycles. The molecule has 2 aromatic rings. The first kappa shape index (κ1) is 15.3. The van der Waals surface area contributed by atoms with Crippen molar-refractivity contribution in [3.05, 3.63) is 68.6 Å². The average Bonchev–Trinajstić information content (AvgIpc) is 2.46. The van der Waals surface area contributed by atoms with Crippen LogP contribution in [0.25, 0.3) is 6.08 Å². The van der Waals surface area contributed by atoms with Gasteiger partial charge in [0.2, 0.25) is 0 Å². The molecule has 0 fully saturated rings. The lowest BCUT2D eigenvalue weighted by Crippen LogP contribution is -1.96. The lowest BCUT2D eigenvalue weighted by atomic mass is 10.2. The molecule has 0 saturated heterocycles. The summed E-state index contributed by atoms with van der Waals surface area (Å²) >= 11 is 6.89. The maximum Gasteiger partial charge on any atom is 0.148 e. The van der Waals surface area contributed by atoms with Gasteiger partial charge in [-0.05, 0) is 61.2 Å². The van der Waals surface area contributed by atoms with Gasteiger partial charge in [0.15, 0.2) is 0 Å². The number of rotatable bonds is 5. The van der Waals surface area contributed by atoms with Crippen molar-refractivity contribution in [2.75, 3.05) is 6.61 Å². The summed E-state index contributed by atoms with van der Waals surface area (Å²) in [5.41, 5.74) is 1.97. The van der Waals surface area contributed by atoms with Gasteiger partial charge >= 0.3 is 0 Å². The molecule has 0 atom stereocenters. The number of ether oxygens (including phenoxy) is 1. The van der Waals surface area contributed by atoms with Crippen LogP contribution in [0.4, 0.5) is 0 Å². The van der Waals surface area contributed by atoms with Crippen molar-refractivity contribution in [1.29, 1.82) is 0 Å². The maximum atomic E-state index is 9.12. The zero-order valence-electron chi connectivity index (χ0n) is 10.7. The largest absolute Gasteiger partial charge is 0.487 e. The Morgan fingerprint density at radius 3 is 2.30 bits per heavy atom. The van der Waals surface area contributed by atoms with Gasteiger partial charge in [-0.25, -0.2) is 0 Å². The molecule has 0 aliphatic rings. The van der Waals surface area contributed by atoms with Crippen LogP contribution in [0, 0.1) is 0 Å². The van der Waals surface area contributed by atoms with E-state index in [0.29, 0.717) is 6.61 Å². The molecule has 0 heterocycles. The van der Waals surface area contributed by atoms with Crippen molar-refractivity contribution < 1.29 is 9.84 Å². The van der Waals surface area contributed by atoms with Gasteiger partial charge in [0.1, 0.15) is 12.4 Å². The molecule has 2 aromatic carbocycles. The monoisotopic (exact) mass is 396 g/mol. The summed E-state index contributed by atoms with van der Waals surface area (Å²) < 4.78 is 7.37. The molecule has 104 valence electrons. The molecule has 20 heavy (non-hydrogen) atoms. The third-order valence-corrected chi connectivity index (χ3v) is 3.85. The van der Waals surface area contributed by atoms with Crippen molar-refractivity contribution in [2.45, 2.75) is 6.61 Å². The highest BCUT2D eigenvalue weighted by atomic mass is 79.9. The molecule has 2 rings (SSSR count). The second kappa shape index (κ2) is 7.62. The Morgan fingerprint density at radius 2 is 1.70 bits per heavy atom. The predicted molar refractivity (Wildman–Crippen MR) is 88.7 cm³/mol. The average molecular weight is 398 g/mol. The van der Waals surface area contributed by atoms with Gasteiger partial charge in [0.25, 0.3) is 0 Å². The lowest BCUT2D eigenvalue weighted by Gasteiger charge is -2.10. The van der Waals surface area contributed by atoms with Crippen LogP contribution in [0.1, 0.15) is 11.1 Å². The summed E-state index contributed by atoms with van der Waals surface area (Å²) in [5.74, 6) is 0.736. The minimum Gasteiger partial charge on any atom is -0.487 e. The zero-order valence-corrected chi connectivity index (χ0v) is 13.9. The molecule has 0 bridgehead atoms. The van der Waals surface area contributed by atoms with Crippen molar-refractivity contribution in [1.82, 2.24) is 0 Å². The third kappa shape index (κ3) is 4.20. The summed E-state index contributed by atoms with van der Waals surface area (Å²) in [7, 11) is 0. The first-order valence-corrected chi connectivity index (χ1v) is 7.72. The fourth-order valence-electron chi connectivity index (χ4n) is 1.72. The van der Waals surface area contributed by atoms with E-state index in [2.05, 4.69) is 31.9 Å². The second-order valence-electron chi connectivity index (χ2n) is 4.17. The predicted octanol–water partition coefficient (Wildman–Crippen LogP) is 4.80. The van der Waals surface area contributed by atoms with Gasteiger partial charge in [-0.1, -0.05) is 36.4 Å². The van der Waals surface area contributed by atoms with E-state index in [4.69, 9.17) is 9.84 Å². The first-order valence-electron chi connectivity index (χ1n) is 6.14. The van der Waals surface area contributed by atoms with Crippen LogP contribution in [-0.2, 0) is 6.61 Å². The van der Waals surface area contributed by atoms with E-state index in [9.17, 15) is 0 Å². The minimum atomic E-state index is 0.00535. The fraction of sp³-hybridized carbons (Fsp3) is 0.125. The molecule has 4 heteroatoms. The maximum absolute atomic E-state index is 9.12. The van der Waals surface area contributed by atoms with Crippen molar-refractivity contribution in [3.8, 4) is 5.75 Å². The van der Waals surface area contributed by atoms with Gasteiger partial charge in [-0.3, -0.25) is 0 Å². The summed E-state index contributed by atoms with van der Waals surface area (Å²) in [5, 5.41) is 9.12. The normalized spacial score (nSPS) is 10.9. The number of hydrogen-bond acceptors (Lipinski definition) is 2. The first-order chi connectivity index (χ1) is 9.70. The van der Waals surface area contributed by atoms with Gasteiger partial charge in [0.05, 0.1) is 15.6 Å². The molecule has 2 nitrogen and oxygen atoms in total. The summed E-state index contributed by atoms with van der Waals surface area (Å²) in [6.07, 6.45) is 3.98. The van der Waals surface area contributed by atoms with Crippen molar-refractivity contribution >= 4 is 37.9 Å². The highest BCUT2D eigenvalue weighted by Gasteiger charge is 2.08. The molecular weight excluding hydrogens is 384 g/mol. The van der Waals surface area contributed by atoms with E-state index in [1.807, 2.05) is 54.6 Å². The van der Waals surface area contributed by atoms with Crippen LogP contribution < -0.4 is 4.74 Å². The zero-order chi connectivity index (χ0) is 14.4. The Hall–Kier alpha value is -1.10. The highest BCUT2D eigenvalue weighted by Crippen LogP contribution is 2.34. The third-order valence-electron chi connectivity index (χ3n) is 2.67. The SMILES string of the molecule is OCc1cc(Br)c(OC/C=C/c2ccccc2)c(Br)c1. The summed E-state index contributed by atoms with van der Waals surface area (Å²) in [6.45, 7) is 0.482. The van der Waals surface area contributed by atoms with Gasteiger partial charge in [-0.2, -0.15) is 0 Å². The molecule has 0 radical (unpaired) electrons. The highest BCUT2D eigenvalue weighted by molar-refractivity contribution is 9.11. The van der Waals surface area contributed by atoms with E-state index < -0.39 is 0 Å². The second-order valence-corrected chi connectivity index (χ2v) is 5.88. The number of halogens is 2. The molecule has 0 unspecified atom stereocenters. The Kier molecular flexibility index (Phi) is 5.83. The van der Waals surface area contributed by atoms with Crippen molar-refractivity contribution in [3.63, 3.8) is 0 Å². The Labute approximate surface area is 135 Å². The fourth-order valence-corrected chi connectivity index (χ4v) is 3.23. The van der Waals surface area contributed by atoms with Gasteiger partial charge < -0.3 is 9.84 Å². The van der Waals surface area contributed by atoms with Crippen LogP contribution in [-0.4, -0.2) is 11.7 Å². The van der Waals surface area contributed by atoms with E-state index in [-0.39, 0.29) is 6.61 Å². The number of aliphatic hydroxyl groups excluding tert-OH is 1. The van der Waals surface area contributed by atoms with Crippen LogP contribution in [0.2, 0.25) is 0 Å².